The zero-order valence-electron chi connectivity index (χ0n) is 13.0. The fourth-order valence-electron chi connectivity index (χ4n) is 2.44. The van der Waals surface area contributed by atoms with E-state index in [-0.39, 0.29) is 0 Å². The van der Waals surface area contributed by atoms with Gasteiger partial charge in [-0.15, -0.1) is 0 Å². The van der Waals surface area contributed by atoms with Crippen LogP contribution in [0.4, 0.5) is 0 Å². The molecule has 0 radical (unpaired) electrons. The standard InChI is InChI=1S/C18H23NO2/c1-4-19(13-15-9-6-5-7-10-15)14-16-11-8-12-17(20-2)18(16)21-3/h5-12H,4,13-14H2,1-3H3. The molecule has 2 aromatic rings. The van der Waals surface area contributed by atoms with Gasteiger partial charge in [-0.3, -0.25) is 4.90 Å². The molecule has 0 fully saturated rings. The fourth-order valence-corrected chi connectivity index (χ4v) is 2.44. The quantitative estimate of drug-likeness (QED) is 0.774. The molecule has 0 saturated heterocycles. The maximum Gasteiger partial charge on any atom is 0.165 e. The summed E-state index contributed by atoms with van der Waals surface area (Å²) in [7, 11) is 3.36. The molecule has 0 heterocycles. The van der Waals surface area contributed by atoms with Crippen LogP contribution in [0.15, 0.2) is 48.5 Å². The van der Waals surface area contributed by atoms with E-state index < -0.39 is 0 Å². The van der Waals surface area contributed by atoms with Crippen molar-refractivity contribution < 1.29 is 9.47 Å². The number of nitrogens with zero attached hydrogens (tertiary/aromatic N) is 1. The molecule has 2 rings (SSSR count). The highest BCUT2D eigenvalue weighted by Gasteiger charge is 2.12. The van der Waals surface area contributed by atoms with Gasteiger partial charge in [0.05, 0.1) is 14.2 Å². The van der Waals surface area contributed by atoms with E-state index in [1.807, 2.05) is 18.2 Å². The van der Waals surface area contributed by atoms with E-state index in [1.54, 1.807) is 14.2 Å². The number of ether oxygens (including phenoxy) is 2. The van der Waals surface area contributed by atoms with Crippen LogP contribution in [0.25, 0.3) is 0 Å². The summed E-state index contributed by atoms with van der Waals surface area (Å²) in [6.07, 6.45) is 0. The molecule has 0 N–H and O–H groups in total. The molecule has 0 aliphatic heterocycles. The normalized spacial score (nSPS) is 10.7. The van der Waals surface area contributed by atoms with Crippen LogP contribution in [0.3, 0.4) is 0 Å². The Morgan fingerprint density at radius 1 is 0.857 bits per heavy atom. The van der Waals surface area contributed by atoms with Gasteiger partial charge in [-0.1, -0.05) is 49.4 Å². The Balaban J connectivity index is 2.15. The summed E-state index contributed by atoms with van der Waals surface area (Å²) in [6.45, 7) is 4.92. The molecule has 3 nitrogen and oxygen atoms in total. The Hall–Kier alpha value is -2.00. The molecule has 0 amide bonds. The molecule has 0 saturated carbocycles. The monoisotopic (exact) mass is 285 g/mol. The van der Waals surface area contributed by atoms with Gasteiger partial charge in [-0.2, -0.15) is 0 Å². The van der Waals surface area contributed by atoms with Crippen molar-refractivity contribution in [2.24, 2.45) is 0 Å². The first-order valence-electron chi connectivity index (χ1n) is 7.24. The largest absolute Gasteiger partial charge is 0.493 e. The highest BCUT2D eigenvalue weighted by atomic mass is 16.5. The Kier molecular flexibility index (Phi) is 5.64. The van der Waals surface area contributed by atoms with Crippen LogP contribution in [-0.4, -0.2) is 25.7 Å². The van der Waals surface area contributed by atoms with E-state index in [0.29, 0.717) is 0 Å². The third-order valence-corrected chi connectivity index (χ3v) is 3.57. The lowest BCUT2D eigenvalue weighted by atomic mass is 10.1. The summed E-state index contributed by atoms with van der Waals surface area (Å²) in [5.74, 6) is 1.61. The van der Waals surface area contributed by atoms with E-state index in [0.717, 1.165) is 36.7 Å². The first kappa shape index (κ1) is 15.4. The SMILES string of the molecule is CCN(Cc1ccccc1)Cc1cccc(OC)c1OC. The minimum absolute atomic E-state index is 0.783. The molecular formula is C18H23NO2. The van der Waals surface area contributed by atoms with E-state index in [9.17, 15) is 0 Å². The summed E-state index contributed by atoms with van der Waals surface area (Å²) < 4.78 is 10.9. The van der Waals surface area contributed by atoms with Crippen molar-refractivity contribution in [2.45, 2.75) is 20.0 Å². The minimum atomic E-state index is 0.783. The van der Waals surface area contributed by atoms with Crippen LogP contribution in [-0.2, 0) is 13.1 Å². The number of rotatable bonds is 7. The third-order valence-electron chi connectivity index (χ3n) is 3.57. The Labute approximate surface area is 127 Å². The Morgan fingerprint density at radius 3 is 2.24 bits per heavy atom. The Bertz CT molecular complexity index is 554. The lowest BCUT2D eigenvalue weighted by molar-refractivity contribution is 0.264. The third kappa shape index (κ3) is 3.99. The zero-order valence-corrected chi connectivity index (χ0v) is 13.0. The highest BCUT2D eigenvalue weighted by Crippen LogP contribution is 2.31. The first-order valence-corrected chi connectivity index (χ1v) is 7.24. The second-order valence-corrected chi connectivity index (χ2v) is 4.94. The topological polar surface area (TPSA) is 21.7 Å². The van der Waals surface area contributed by atoms with Crippen molar-refractivity contribution in [3.63, 3.8) is 0 Å². The van der Waals surface area contributed by atoms with Crippen molar-refractivity contribution in [3.05, 3.63) is 59.7 Å². The molecule has 0 bridgehead atoms. The van der Waals surface area contributed by atoms with E-state index >= 15 is 0 Å². The predicted molar refractivity (Wildman–Crippen MR) is 85.8 cm³/mol. The molecule has 0 aliphatic rings. The van der Waals surface area contributed by atoms with Gasteiger partial charge in [-0.25, -0.2) is 0 Å². The number of hydrogen-bond donors (Lipinski definition) is 0. The molecule has 0 atom stereocenters. The molecule has 3 heteroatoms. The summed E-state index contributed by atoms with van der Waals surface area (Å²) in [5, 5.41) is 0. The number of methoxy groups -OCH3 is 2. The van der Waals surface area contributed by atoms with Crippen molar-refractivity contribution >= 4 is 0 Å². The summed E-state index contributed by atoms with van der Waals surface area (Å²) in [4.78, 5) is 2.38. The second kappa shape index (κ2) is 7.70. The lowest BCUT2D eigenvalue weighted by Gasteiger charge is -2.22. The molecule has 112 valence electrons. The van der Waals surface area contributed by atoms with Crippen molar-refractivity contribution in [1.82, 2.24) is 4.90 Å². The van der Waals surface area contributed by atoms with Gasteiger partial charge in [0.25, 0.3) is 0 Å². The van der Waals surface area contributed by atoms with Crippen molar-refractivity contribution in [2.75, 3.05) is 20.8 Å². The van der Waals surface area contributed by atoms with Gasteiger partial charge < -0.3 is 9.47 Å². The van der Waals surface area contributed by atoms with Gasteiger partial charge in [0, 0.05) is 18.7 Å². The highest BCUT2D eigenvalue weighted by molar-refractivity contribution is 5.46. The smallest absolute Gasteiger partial charge is 0.165 e. The first-order chi connectivity index (χ1) is 10.3. The molecular weight excluding hydrogens is 262 g/mol. The maximum absolute atomic E-state index is 5.51. The maximum atomic E-state index is 5.51. The van der Waals surface area contributed by atoms with E-state index in [4.69, 9.17) is 9.47 Å². The van der Waals surface area contributed by atoms with Crippen LogP contribution in [0, 0.1) is 0 Å². The molecule has 0 aromatic heterocycles. The molecule has 0 aliphatic carbocycles. The zero-order chi connectivity index (χ0) is 15.1. The van der Waals surface area contributed by atoms with Crippen molar-refractivity contribution in [3.8, 4) is 11.5 Å². The number of benzene rings is 2. The van der Waals surface area contributed by atoms with Crippen LogP contribution in [0.5, 0.6) is 11.5 Å². The van der Waals surface area contributed by atoms with Gasteiger partial charge in [0.1, 0.15) is 0 Å². The fraction of sp³-hybridized carbons (Fsp3) is 0.333. The second-order valence-electron chi connectivity index (χ2n) is 4.94. The lowest BCUT2D eigenvalue weighted by Crippen LogP contribution is -2.22. The number of hydrogen-bond acceptors (Lipinski definition) is 3. The van der Waals surface area contributed by atoms with Crippen LogP contribution < -0.4 is 9.47 Å². The summed E-state index contributed by atoms with van der Waals surface area (Å²) >= 11 is 0. The van der Waals surface area contributed by atoms with Gasteiger partial charge in [-0.05, 0) is 18.2 Å². The molecule has 21 heavy (non-hydrogen) atoms. The molecule has 2 aromatic carbocycles. The van der Waals surface area contributed by atoms with Crippen LogP contribution in [0.1, 0.15) is 18.1 Å². The molecule has 0 unspecified atom stereocenters. The van der Waals surface area contributed by atoms with Gasteiger partial charge >= 0.3 is 0 Å². The van der Waals surface area contributed by atoms with Gasteiger partial charge in [0.15, 0.2) is 11.5 Å². The summed E-state index contributed by atoms with van der Waals surface area (Å²) in [5.41, 5.74) is 2.47. The van der Waals surface area contributed by atoms with E-state index in [2.05, 4.69) is 42.2 Å². The molecule has 0 spiro atoms. The number of para-hydroxylation sites is 1. The predicted octanol–water partition coefficient (Wildman–Crippen LogP) is 3.73. The van der Waals surface area contributed by atoms with Crippen LogP contribution >= 0.6 is 0 Å². The summed E-state index contributed by atoms with van der Waals surface area (Å²) in [6, 6.07) is 16.5. The van der Waals surface area contributed by atoms with E-state index in [1.165, 1.54) is 5.56 Å². The average Bonchev–Trinajstić information content (AvgIpc) is 2.54. The van der Waals surface area contributed by atoms with Crippen molar-refractivity contribution in [1.29, 1.82) is 0 Å². The average molecular weight is 285 g/mol. The Morgan fingerprint density at radius 2 is 1.62 bits per heavy atom. The minimum Gasteiger partial charge on any atom is -0.493 e. The van der Waals surface area contributed by atoms with Gasteiger partial charge in [0.2, 0.25) is 0 Å². The van der Waals surface area contributed by atoms with Crippen LogP contribution in [0.2, 0.25) is 0 Å².